The molecule has 1 N–H and O–H groups in total. The predicted molar refractivity (Wildman–Crippen MR) is 99.7 cm³/mol. The molecule has 5 nitrogen and oxygen atoms in total. The Morgan fingerprint density at radius 2 is 2.04 bits per heavy atom. The zero-order valence-electron chi connectivity index (χ0n) is 15.5. The Kier molecular flexibility index (Phi) is 5.96. The van der Waals surface area contributed by atoms with E-state index in [1.54, 1.807) is 19.2 Å². The molecule has 2 atom stereocenters. The van der Waals surface area contributed by atoms with Gasteiger partial charge in [-0.3, -0.25) is 9.69 Å². The summed E-state index contributed by atoms with van der Waals surface area (Å²) in [7, 11) is 1.60. The summed E-state index contributed by atoms with van der Waals surface area (Å²) in [5.74, 6) is -0.641. The zero-order valence-corrected chi connectivity index (χ0v) is 15.5. The number of hydrogen-bond acceptors (Lipinski definition) is 4. The van der Waals surface area contributed by atoms with E-state index in [1.165, 1.54) is 12.1 Å². The van der Waals surface area contributed by atoms with Crippen LogP contribution in [0.15, 0.2) is 42.5 Å². The van der Waals surface area contributed by atoms with E-state index >= 15 is 0 Å². The number of nitrogens with zero attached hydrogens (tertiary/aromatic N) is 1. The zero-order chi connectivity index (χ0) is 19.4. The molecule has 0 saturated carbocycles. The first-order chi connectivity index (χ1) is 13.0. The van der Waals surface area contributed by atoms with Gasteiger partial charge in [0.05, 0.1) is 19.6 Å². The fraction of sp³-hybridized carbons (Fsp3) is 0.381. The summed E-state index contributed by atoms with van der Waals surface area (Å²) in [5.41, 5.74) is 1.74. The molecule has 2 aromatic carbocycles. The van der Waals surface area contributed by atoms with Gasteiger partial charge in [0.15, 0.2) is 11.5 Å². The second-order valence-corrected chi connectivity index (χ2v) is 6.72. The van der Waals surface area contributed by atoms with Gasteiger partial charge < -0.3 is 14.6 Å². The third kappa shape index (κ3) is 4.39. The van der Waals surface area contributed by atoms with Crippen LogP contribution >= 0.6 is 0 Å². The van der Waals surface area contributed by atoms with Crippen molar-refractivity contribution in [3.8, 4) is 11.5 Å². The quantitative estimate of drug-likeness (QED) is 0.805. The van der Waals surface area contributed by atoms with E-state index in [9.17, 15) is 14.3 Å². The molecule has 1 heterocycles. The SMILES string of the molecule is CCOc1ccc(CN2C[C@@H](C(=O)O)[C@H](c3cccc(F)c3)C2)cc1OC. The monoisotopic (exact) mass is 373 g/mol. The molecule has 0 spiro atoms. The van der Waals surface area contributed by atoms with Gasteiger partial charge in [-0.1, -0.05) is 18.2 Å². The molecule has 0 unspecified atom stereocenters. The molecule has 6 heteroatoms. The summed E-state index contributed by atoms with van der Waals surface area (Å²) in [4.78, 5) is 13.8. The first-order valence-electron chi connectivity index (χ1n) is 9.02. The second kappa shape index (κ2) is 8.39. The molecule has 0 aromatic heterocycles. The molecule has 1 saturated heterocycles. The summed E-state index contributed by atoms with van der Waals surface area (Å²) in [6.45, 7) is 4.05. The van der Waals surface area contributed by atoms with Gasteiger partial charge in [-0.25, -0.2) is 4.39 Å². The van der Waals surface area contributed by atoms with Crippen molar-refractivity contribution in [1.82, 2.24) is 4.90 Å². The molecule has 2 aromatic rings. The van der Waals surface area contributed by atoms with Gasteiger partial charge in [-0.15, -0.1) is 0 Å². The topological polar surface area (TPSA) is 59.0 Å². The first kappa shape index (κ1) is 19.2. The van der Waals surface area contributed by atoms with Crippen molar-refractivity contribution in [1.29, 1.82) is 0 Å². The summed E-state index contributed by atoms with van der Waals surface area (Å²) >= 11 is 0. The summed E-state index contributed by atoms with van der Waals surface area (Å²) < 4.78 is 24.5. The second-order valence-electron chi connectivity index (χ2n) is 6.72. The lowest BCUT2D eigenvalue weighted by atomic mass is 9.89. The van der Waals surface area contributed by atoms with Crippen molar-refractivity contribution in [2.45, 2.75) is 19.4 Å². The van der Waals surface area contributed by atoms with E-state index in [2.05, 4.69) is 4.90 Å². The van der Waals surface area contributed by atoms with Crippen molar-refractivity contribution >= 4 is 5.97 Å². The van der Waals surface area contributed by atoms with Gasteiger partial charge in [0.2, 0.25) is 0 Å². The predicted octanol–water partition coefficient (Wildman–Crippen LogP) is 3.53. The highest BCUT2D eigenvalue weighted by Gasteiger charge is 2.38. The van der Waals surface area contributed by atoms with Crippen molar-refractivity contribution in [2.75, 3.05) is 26.8 Å². The molecule has 0 bridgehead atoms. The number of methoxy groups -OCH3 is 1. The average molecular weight is 373 g/mol. The number of carboxylic acid groups (broad SMARTS) is 1. The maximum Gasteiger partial charge on any atom is 0.308 e. The summed E-state index contributed by atoms with van der Waals surface area (Å²) in [6, 6.07) is 12.0. The van der Waals surface area contributed by atoms with Crippen LogP contribution in [0, 0.1) is 11.7 Å². The Morgan fingerprint density at radius 1 is 1.22 bits per heavy atom. The fourth-order valence-electron chi connectivity index (χ4n) is 3.68. The molecular formula is C21H24FNO4. The van der Waals surface area contributed by atoms with Gasteiger partial charge >= 0.3 is 5.97 Å². The molecule has 1 fully saturated rings. The highest BCUT2D eigenvalue weighted by Crippen LogP contribution is 2.35. The lowest BCUT2D eigenvalue weighted by Gasteiger charge is -2.17. The number of carboxylic acids is 1. The Labute approximate surface area is 158 Å². The molecule has 3 rings (SSSR count). The van der Waals surface area contributed by atoms with Crippen LogP contribution in [0.1, 0.15) is 24.0 Å². The molecule has 27 heavy (non-hydrogen) atoms. The minimum Gasteiger partial charge on any atom is -0.493 e. The van der Waals surface area contributed by atoms with Gasteiger partial charge in [-0.05, 0) is 42.3 Å². The highest BCUT2D eigenvalue weighted by atomic mass is 19.1. The van der Waals surface area contributed by atoms with Gasteiger partial charge in [0.1, 0.15) is 5.82 Å². The van der Waals surface area contributed by atoms with Crippen LogP contribution in [-0.2, 0) is 11.3 Å². The number of benzene rings is 2. The van der Waals surface area contributed by atoms with E-state index in [1.807, 2.05) is 25.1 Å². The lowest BCUT2D eigenvalue weighted by molar-refractivity contribution is -0.141. The first-order valence-corrected chi connectivity index (χ1v) is 9.02. The van der Waals surface area contributed by atoms with Crippen LogP contribution in [0.3, 0.4) is 0 Å². The standard InChI is InChI=1S/C21H24FNO4/c1-3-27-19-8-7-14(9-20(19)26-2)11-23-12-17(18(13-23)21(24)25)15-5-4-6-16(22)10-15/h4-10,17-18H,3,11-13H2,1-2H3,(H,24,25)/t17-,18+/m0/s1. The summed E-state index contributed by atoms with van der Waals surface area (Å²) in [5, 5.41) is 9.62. The number of carbonyl (C=O) groups is 1. The third-order valence-corrected chi connectivity index (χ3v) is 4.92. The molecule has 144 valence electrons. The van der Waals surface area contributed by atoms with Gasteiger partial charge in [0.25, 0.3) is 0 Å². The normalized spacial score (nSPS) is 19.8. The third-order valence-electron chi connectivity index (χ3n) is 4.92. The number of likely N-dealkylation sites (tertiary alicyclic amines) is 1. The van der Waals surface area contributed by atoms with Gasteiger partial charge in [-0.2, -0.15) is 0 Å². The number of ether oxygens (including phenoxy) is 2. The highest BCUT2D eigenvalue weighted by molar-refractivity contribution is 5.72. The smallest absolute Gasteiger partial charge is 0.308 e. The Hall–Kier alpha value is -2.60. The molecule has 0 amide bonds. The van der Waals surface area contributed by atoms with Crippen LogP contribution in [0.2, 0.25) is 0 Å². The van der Waals surface area contributed by atoms with Crippen LogP contribution < -0.4 is 9.47 Å². The number of hydrogen-bond donors (Lipinski definition) is 1. The Bertz CT molecular complexity index is 811. The number of rotatable bonds is 7. The molecule has 1 aliphatic rings. The van der Waals surface area contributed by atoms with Crippen LogP contribution in [0.4, 0.5) is 4.39 Å². The molecule has 0 aliphatic carbocycles. The Balaban J connectivity index is 1.77. The van der Waals surface area contributed by atoms with Crippen LogP contribution in [-0.4, -0.2) is 42.8 Å². The lowest BCUT2D eigenvalue weighted by Crippen LogP contribution is -2.23. The minimum absolute atomic E-state index is 0.234. The van der Waals surface area contributed by atoms with E-state index < -0.39 is 11.9 Å². The molecular weight excluding hydrogens is 349 g/mol. The average Bonchev–Trinajstić information content (AvgIpc) is 3.07. The van der Waals surface area contributed by atoms with Crippen LogP contribution in [0.5, 0.6) is 11.5 Å². The maximum atomic E-state index is 13.6. The minimum atomic E-state index is -0.851. The molecule has 0 radical (unpaired) electrons. The molecule has 1 aliphatic heterocycles. The number of aliphatic carboxylic acids is 1. The van der Waals surface area contributed by atoms with Crippen molar-refractivity contribution < 1.29 is 23.8 Å². The van der Waals surface area contributed by atoms with E-state index in [0.29, 0.717) is 37.7 Å². The van der Waals surface area contributed by atoms with E-state index in [4.69, 9.17) is 9.47 Å². The Morgan fingerprint density at radius 3 is 2.70 bits per heavy atom. The maximum absolute atomic E-state index is 13.6. The van der Waals surface area contributed by atoms with Gasteiger partial charge in [0, 0.05) is 25.6 Å². The fourth-order valence-corrected chi connectivity index (χ4v) is 3.68. The van der Waals surface area contributed by atoms with Crippen molar-refractivity contribution in [2.24, 2.45) is 5.92 Å². The largest absolute Gasteiger partial charge is 0.493 e. The number of halogens is 1. The van der Waals surface area contributed by atoms with E-state index in [-0.39, 0.29) is 11.7 Å². The van der Waals surface area contributed by atoms with Crippen molar-refractivity contribution in [3.05, 3.63) is 59.4 Å². The summed E-state index contributed by atoms with van der Waals surface area (Å²) in [6.07, 6.45) is 0. The van der Waals surface area contributed by atoms with E-state index in [0.717, 1.165) is 11.1 Å². The van der Waals surface area contributed by atoms with Crippen LogP contribution in [0.25, 0.3) is 0 Å². The van der Waals surface area contributed by atoms with Crippen molar-refractivity contribution in [3.63, 3.8) is 0 Å².